The van der Waals surface area contributed by atoms with Crippen molar-refractivity contribution in [1.29, 1.82) is 0 Å². The monoisotopic (exact) mass is 496 g/mol. The molecule has 1 aromatic heterocycles. The molecule has 2 aliphatic rings. The van der Waals surface area contributed by atoms with Gasteiger partial charge in [-0.25, -0.2) is 13.2 Å². The van der Waals surface area contributed by atoms with Gasteiger partial charge in [0.25, 0.3) is 0 Å². The largest absolute Gasteiger partial charge is 0.341 e. The number of carbonyl (C=O) groups is 2. The molecule has 3 unspecified atom stereocenters. The summed E-state index contributed by atoms with van der Waals surface area (Å²) in [7, 11) is -1.42. The molecule has 0 radical (unpaired) electrons. The van der Waals surface area contributed by atoms with E-state index in [9.17, 15) is 18.0 Å². The number of nitrogens with zero attached hydrogens (tertiary/aromatic N) is 2. The number of carbonyl (C=O) groups excluding carboxylic acids is 2. The van der Waals surface area contributed by atoms with Crippen molar-refractivity contribution in [2.75, 3.05) is 12.8 Å². The van der Waals surface area contributed by atoms with E-state index in [1.807, 2.05) is 7.05 Å². The van der Waals surface area contributed by atoms with Gasteiger partial charge >= 0.3 is 6.03 Å². The lowest BCUT2D eigenvalue weighted by Gasteiger charge is -2.19. The molecule has 3 amide bonds. The molecule has 8 nitrogen and oxygen atoms in total. The van der Waals surface area contributed by atoms with Crippen molar-refractivity contribution in [1.82, 2.24) is 20.1 Å². The number of amides is 3. The minimum Gasteiger partial charge on any atom is -0.341 e. The van der Waals surface area contributed by atoms with Crippen LogP contribution in [0.15, 0.2) is 42.5 Å². The second-order valence-electron chi connectivity index (χ2n) is 9.73. The lowest BCUT2D eigenvalue weighted by Crippen LogP contribution is -2.39. The number of urea groups is 1. The summed E-state index contributed by atoms with van der Waals surface area (Å²) in [6, 6.07) is 13.8. The number of nitrogens with one attached hydrogen (secondary N) is 2. The summed E-state index contributed by atoms with van der Waals surface area (Å²) in [5.41, 5.74) is 3.50. The predicted octanol–water partition coefficient (Wildman–Crippen LogP) is 3.18. The first-order chi connectivity index (χ1) is 16.8. The van der Waals surface area contributed by atoms with Gasteiger partial charge in [-0.3, -0.25) is 4.79 Å². The van der Waals surface area contributed by atoms with Crippen LogP contribution < -0.4 is 10.6 Å². The number of para-hydroxylation sites is 1. The summed E-state index contributed by atoms with van der Waals surface area (Å²) in [5, 5.41) is 7.27. The average molecular weight is 497 g/mol. The van der Waals surface area contributed by atoms with Gasteiger partial charge < -0.3 is 20.1 Å². The molecule has 0 saturated carbocycles. The van der Waals surface area contributed by atoms with Crippen LogP contribution in [0.2, 0.25) is 0 Å². The molecule has 3 atom stereocenters. The highest BCUT2D eigenvalue weighted by atomic mass is 32.2. The van der Waals surface area contributed by atoms with Crippen LogP contribution in [-0.2, 0) is 27.7 Å². The van der Waals surface area contributed by atoms with Crippen LogP contribution in [0.25, 0.3) is 21.8 Å². The molecule has 2 aliphatic heterocycles. The van der Waals surface area contributed by atoms with Crippen molar-refractivity contribution < 1.29 is 18.0 Å². The summed E-state index contributed by atoms with van der Waals surface area (Å²) in [6.07, 6.45) is 2.09. The molecule has 35 heavy (non-hydrogen) atoms. The van der Waals surface area contributed by atoms with Gasteiger partial charge in [0.1, 0.15) is 0 Å². The van der Waals surface area contributed by atoms with Crippen molar-refractivity contribution in [2.45, 2.75) is 63.0 Å². The van der Waals surface area contributed by atoms with Crippen molar-refractivity contribution in [3.05, 3.63) is 48.0 Å². The molecule has 2 N–H and O–H groups in total. The van der Waals surface area contributed by atoms with Crippen LogP contribution in [0.5, 0.6) is 0 Å². The molecule has 3 heterocycles. The Bertz CT molecular complexity index is 1400. The van der Waals surface area contributed by atoms with Crippen molar-refractivity contribution in [3.8, 4) is 0 Å². The smallest absolute Gasteiger partial charge is 0.315 e. The number of sulfone groups is 1. The molecule has 3 aromatic rings. The molecule has 2 saturated heterocycles. The Kier molecular flexibility index (Phi) is 6.21. The Morgan fingerprint density at radius 1 is 1.09 bits per heavy atom. The van der Waals surface area contributed by atoms with Crippen LogP contribution in [0.1, 0.15) is 38.2 Å². The zero-order valence-corrected chi connectivity index (χ0v) is 21.0. The highest BCUT2D eigenvalue weighted by Gasteiger charge is 2.51. The molecular formula is C26H32N4O4S. The number of unbranched alkanes of at least 4 members (excludes halogenated alkanes) is 1. The van der Waals surface area contributed by atoms with Gasteiger partial charge in [0.05, 0.1) is 23.1 Å². The first kappa shape index (κ1) is 23.7. The normalized spacial score (nSPS) is 22.8. The lowest BCUT2D eigenvalue weighted by atomic mass is 10.0. The number of hydrogen-bond acceptors (Lipinski definition) is 4. The highest BCUT2D eigenvalue weighted by Crippen LogP contribution is 2.30. The molecule has 2 fully saturated rings. The molecule has 186 valence electrons. The first-order valence-electron chi connectivity index (χ1n) is 12.3. The zero-order valence-electron chi connectivity index (χ0n) is 20.2. The van der Waals surface area contributed by atoms with E-state index < -0.39 is 15.1 Å². The summed E-state index contributed by atoms with van der Waals surface area (Å²) in [4.78, 5) is 26.0. The highest BCUT2D eigenvalue weighted by molar-refractivity contribution is 7.92. The van der Waals surface area contributed by atoms with Gasteiger partial charge in [-0.05, 0) is 43.5 Å². The van der Waals surface area contributed by atoms with E-state index in [2.05, 4.69) is 64.6 Å². The minimum absolute atomic E-state index is 0.00991. The average Bonchev–Trinajstić information content (AvgIpc) is 3.41. The Morgan fingerprint density at radius 2 is 1.86 bits per heavy atom. The van der Waals surface area contributed by atoms with Crippen molar-refractivity contribution in [3.63, 3.8) is 0 Å². The van der Waals surface area contributed by atoms with Crippen LogP contribution in [0.3, 0.4) is 0 Å². The fourth-order valence-electron chi connectivity index (χ4n) is 5.72. The summed E-state index contributed by atoms with van der Waals surface area (Å²) >= 11 is 0. The van der Waals surface area contributed by atoms with Gasteiger partial charge in [0, 0.05) is 48.4 Å². The number of rotatable bonds is 8. The third-order valence-corrected chi connectivity index (χ3v) is 9.72. The number of hydrogen-bond donors (Lipinski definition) is 2. The summed E-state index contributed by atoms with van der Waals surface area (Å²) in [6.45, 7) is 3.57. The van der Waals surface area contributed by atoms with E-state index in [4.69, 9.17) is 0 Å². The third-order valence-electron chi connectivity index (χ3n) is 7.45. The minimum atomic E-state index is -3.24. The second-order valence-corrected chi connectivity index (χ2v) is 12.0. The molecule has 0 aliphatic carbocycles. The van der Waals surface area contributed by atoms with Crippen LogP contribution in [0, 0.1) is 0 Å². The van der Waals surface area contributed by atoms with E-state index in [1.165, 1.54) is 21.8 Å². The molecule has 2 aromatic carbocycles. The van der Waals surface area contributed by atoms with Crippen molar-refractivity contribution >= 4 is 43.6 Å². The van der Waals surface area contributed by atoms with E-state index in [0.29, 0.717) is 32.2 Å². The van der Waals surface area contributed by atoms with Crippen LogP contribution in [0.4, 0.5) is 4.79 Å². The van der Waals surface area contributed by atoms with Gasteiger partial charge in [0.2, 0.25) is 5.91 Å². The maximum Gasteiger partial charge on any atom is 0.315 e. The fourth-order valence-corrected chi connectivity index (χ4v) is 7.99. The molecule has 9 heteroatoms. The van der Waals surface area contributed by atoms with Gasteiger partial charge in [0.15, 0.2) is 9.84 Å². The maximum atomic E-state index is 12.8. The molecule has 0 spiro atoms. The Hall–Kier alpha value is -3.07. The summed E-state index contributed by atoms with van der Waals surface area (Å²) < 4.78 is 27.2. The van der Waals surface area contributed by atoms with Crippen LogP contribution >= 0.6 is 0 Å². The SMILES string of the molecule is CCn1c2ccccc2c2cc(CN(C)C(=O)CCCCC3C4NC(=O)NC4CS3(=O)=O)ccc21. The van der Waals surface area contributed by atoms with E-state index in [1.54, 1.807) is 4.90 Å². The molecule has 0 bridgehead atoms. The van der Waals surface area contributed by atoms with Crippen LogP contribution in [-0.4, -0.2) is 60.0 Å². The molecule has 5 rings (SSSR count). The quantitative estimate of drug-likeness (QED) is 0.370. The third kappa shape index (κ3) is 4.37. The number of aryl methyl sites for hydroxylation is 1. The Balaban J connectivity index is 1.18. The Labute approximate surface area is 205 Å². The summed E-state index contributed by atoms with van der Waals surface area (Å²) in [5.74, 6) is 0.0355. The lowest BCUT2D eigenvalue weighted by molar-refractivity contribution is -0.130. The van der Waals surface area contributed by atoms with Gasteiger partial charge in [-0.1, -0.05) is 30.7 Å². The van der Waals surface area contributed by atoms with Gasteiger partial charge in [-0.15, -0.1) is 0 Å². The van der Waals surface area contributed by atoms with Crippen molar-refractivity contribution in [2.24, 2.45) is 0 Å². The zero-order chi connectivity index (χ0) is 24.7. The van der Waals surface area contributed by atoms with E-state index in [-0.39, 0.29) is 29.8 Å². The molecular weight excluding hydrogens is 464 g/mol. The standard InChI is InChI=1S/C26H32N4O4S/c1-3-30-21-9-5-4-8-18(21)19-14-17(12-13-22(19)30)15-29(2)24(31)11-7-6-10-23-25-20(16-35(23,33)34)27-26(32)28-25/h4-5,8-9,12-14,20,23,25H,3,6-7,10-11,15-16H2,1-2H3,(H2,27,28,32). The van der Waals surface area contributed by atoms with Gasteiger partial charge in [-0.2, -0.15) is 0 Å². The second kappa shape index (κ2) is 9.18. The number of benzene rings is 2. The van der Waals surface area contributed by atoms with E-state index in [0.717, 1.165) is 12.1 Å². The predicted molar refractivity (Wildman–Crippen MR) is 137 cm³/mol. The Morgan fingerprint density at radius 3 is 2.66 bits per heavy atom. The fraction of sp³-hybridized carbons (Fsp3) is 0.462. The number of aromatic nitrogens is 1. The topological polar surface area (TPSA) is 101 Å². The number of fused-ring (bicyclic) bond motifs is 4. The van der Waals surface area contributed by atoms with E-state index >= 15 is 0 Å². The first-order valence-corrected chi connectivity index (χ1v) is 14.0. The maximum absolute atomic E-state index is 12.8.